The Labute approximate surface area is 151 Å². The predicted octanol–water partition coefficient (Wildman–Crippen LogP) is 4.01. The normalized spacial score (nSPS) is 14.3. The Hall–Kier alpha value is -1.88. The molecular weight excluding hydrogens is 370 g/mol. The molecule has 24 heavy (non-hydrogen) atoms. The van der Waals surface area contributed by atoms with Crippen LogP contribution in [-0.2, 0) is 14.3 Å². The SMILES string of the molecule is O=C(COC(=O)/C=C/c1ccc(Br)cc1)NCCC1=CCCCC1. The van der Waals surface area contributed by atoms with Crippen molar-refractivity contribution in [3.8, 4) is 0 Å². The van der Waals surface area contributed by atoms with Gasteiger partial charge in [-0.3, -0.25) is 4.79 Å². The molecule has 0 bridgehead atoms. The van der Waals surface area contributed by atoms with E-state index in [9.17, 15) is 9.59 Å². The van der Waals surface area contributed by atoms with Crippen molar-refractivity contribution in [3.05, 3.63) is 52.0 Å². The fraction of sp³-hybridized carbons (Fsp3) is 0.368. The van der Waals surface area contributed by atoms with E-state index in [1.807, 2.05) is 24.3 Å². The minimum atomic E-state index is -0.525. The number of rotatable bonds is 7. The van der Waals surface area contributed by atoms with Crippen LogP contribution in [0.15, 0.2) is 46.5 Å². The Balaban J connectivity index is 1.62. The van der Waals surface area contributed by atoms with E-state index in [2.05, 4.69) is 27.3 Å². The molecule has 128 valence electrons. The maximum atomic E-state index is 11.7. The summed E-state index contributed by atoms with van der Waals surface area (Å²) in [6.45, 7) is 0.347. The molecule has 0 fully saturated rings. The minimum absolute atomic E-state index is 0.247. The van der Waals surface area contributed by atoms with Gasteiger partial charge in [0.1, 0.15) is 0 Å². The first-order chi connectivity index (χ1) is 11.6. The number of amides is 1. The zero-order valence-corrected chi connectivity index (χ0v) is 15.2. The number of ether oxygens (including phenoxy) is 1. The fourth-order valence-electron chi connectivity index (χ4n) is 2.47. The van der Waals surface area contributed by atoms with Crippen LogP contribution in [0.25, 0.3) is 6.08 Å². The van der Waals surface area contributed by atoms with Crippen molar-refractivity contribution in [2.24, 2.45) is 0 Å². The quantitative estimate of drug-likeness (QED) is 0.433. The van der Waals surface area contributed by atoms with Crippen LogP contribution in [-0.4, -0.2) is 25.0 Å². The number of benzene rings is 1. The zero-order chi connectivity index (χ0) is 17.2. The van der Waals surface area contributed by atoms with Crippen LogP contribution in [0.5, 0.6) is 0 Å². The molecule has 4 nitrogen and oxygen atoms in total. The first kappa shape index (κ1) is 18.5. The summed E-state index contributed by atoms with van der Waals surface area (Å²) in [5.74, 6) is -0.792. The van der Waals surface area contributed by atoms with Crippen molar-refractivity contribution < 1.29 is 14.3 Å². The second-order valence-corrected chi connectivity index (χ2v) is 6.62. The van der Waals surface area contributed by atoms with Crippen molar-refractivity contribution in [1.29, 1.82) is 0 Å². The number of nitrogens with one attached hydrogen (secondary N) is 1. The number of esters is 1. The second-order valence-electron chi connectivity index (χ2n) is 5.70. The molecule has 0 atom stereocenters. The Morgan fingerprint density at radius 1 is 1.21 bits per heavy atom. The van der Waals surface area contributed by atoms with Gasteiger partial charge in [0.25, 0.3) is 5.91 Å². The number of halogens is 1. The summed E-state index contributed by atoms with van der Waals surface area (Å²) in [5, 5.41) is 2.78. The molecule has 1 aliphatic carbocycles. The van der Waals surface area contributed by atoms with Gasteiger partial charge in [-0.15, -0.1) is 0 Å². The van der Waals surface area contributed by atoms with Crippen molar-refractivity contribution >= 4 is 33.9 Å². The van der Waals surface area contributed by atoms with E-state index in [4.69, 9.17) is 4.74 Å². The Morgan fingerprint density at radius 2 is 2.00 bits per heavy atom. The van der Waals surface area contributed by atoms with Gasteiger partial charge in [-0.2, -0.15) is 0 Å². The maximum Gasteiger partial charge on any atom is 0.331 e. The van der Waals surface area contributed by atoms with E-state index in [0.29, 0.717) is 6.54 Å². The third-order valence-electron chi connectivity index (χ3n) is 3.78. The molecule has 0 radical (unpaired) electrons. The van der Waals surface area contributed by atoms with E-state index < -0.39 is 5.97 Å². The Morgan fingerprint density at radius 3 is 2.71 bits per heavy atom. The molecule has 1 aliphatic rings. The number of hydrogen-bond acceptors (Lipinski definition) is 3. The average molecular weight is 392 g/mol. The minimum Gasteiger partial charge on any atom is -0.452 e. The third kappa shape index (κ3) is 7.13. The van der Waals surface area contributed by atoms with E-state index >= 15 is 0 Å². The number of carbonyl (C=O) groups is 2. The van der Waals surface area contributed by atoms with Gasteiger partial charge in [0.05, 0.1) is 0 Å². The lowest BCUT2D eigenvalue weighted by atomic mass is 9.97. The number of carbonyl (C=O) groups excluding carboxylic acids is 2. The van der Waals surface area contributed by atoms with E-state index in [1.54, 1.807) is 6.08 Å². The van der Waals surface area contributed by atoms with Crippen LogP contribution in [0.3, 0.4) is 0 Å². The zero-order valence-electron chi connectivity index (χ0n) is 13.6. The Bertz CT molecular complexity index is 620. The van der Waals surface area contributed by atoms with Gasteiger partial charge < -0.3 is 10.1 Å². The molecular formula is C19H22BrNO3. The molecule has 0 spiro atoms. The monoisotopic (exact) mass is 391 g/mol. The first-order valence-electron chi connectivity index (χ1n) is 8.18. The van der Waals surface area contributed by atoms with Crippen LogP contribution >= 0.6 is 15.9 Å². The topological polar surface area (TPSA) is 55.4 Å². The smallest absolute Gasteiger partial charge is 0.331 e. The van der Waals surface area contributed by atoms with Gasteiger partial charge in [-0.1, -0.05) is 39.7 Å². The molecule has 1 aromatic carbocycles. The highest BCUT2D eigenvalue weighted by Gasteiger charge is 2.07. The predicted molar refractivity (Wildman–Crippen MR) is 98.3 cm³/mol. The molecule has 1 amide bonds. The van der Waals surface area contributed by atoms with Gasteiger partial charge in [0, 0.05) is 17.1 Å². The first-order valence-corrected chi connectivity index (χ1v) is 8.98. The second kappa shape index (κ2) is 10.1. The van der Waals surface area contributed by atoms with Crippen molar-refractivity contribution in [2.75, 3.05) is 13.2 Å². The highest BCUT2D eigenvalue weighted by atomic mass is 79.9. The summed E-state index contributed by atoms with van der Waals surface area (Å²) in [6, 6.07) is 7.53. The highest BCUT2D eigenvalue weighted by Crippen LogP contribution is 2.19. The highest BCUT2D eigenvalue weighted by molar-refractivity contribution is 9.10. The molecule has 0 aromatic heterocycles. The van der Waals surface area contributed by atoms with Crippen LogP contribution in [0.1, 0.15) is 37.7 Å². The maximum absolute atomic E-state index is 11.7. The fourth-order valence-corrected chi connectivity index (χ4v) is 2.73. The van der Waals surface area contributed by atoms with Crippen molar-refractivity contribution in [3.63, 3.8) is 0 Å². The average Bonchev–Trinajstić information content (AvgIpc) is 2.60. The third-order valence-corrected chi connectivity index (χ3v) is 4.31. The van der Waals surface area contributed by atoms with Gasteiger partial charge in [-0.05, 0) is 55.9 Å². The van der Waals surface area contributed by atoms with Crippen LogP contribution in [0.2, 0.25) is 0 Å². The molecule has 1 N–H and O–H groups in total. The molecule has 0 saturated carbocycles. The molecule has 0 heterocycles. The molecule has 1 aromatic rings. The van der Waals surface area contributed by atoms with Crippen molar-refractivity contribution in [2.45, 2.75) is 32.1 Å². The standard InChI is InChI=1S/C19H22BrNO3/c20-17-9-6-16(7-10-17)8-11-19(23)24-14-18(22)21-13-12-15-4-2-1-3-5-15/h4,6-11H,1-3,5,12-14H2,(H,21,22)/b11-8+. The summed E-state index contributed by atoms with van der Waals surface area (Å²) >= 11 is 3.35. The summed E-state index contributed by atoms with van der Waals surface area (Å²) < 4.78 is 5.91. The van der Waals surface area contributed by atoms with Crippen molar-refractivity contribution in [1.82, 2.24) is 5.32 Å². The lowest BCUT2D eigenvalue weighted by molar-refractivity contribution is -0.143. The summed E-state index contributed by atoms with van der Waals surface area (Å²) in [6.07, 6.45) is 10.9. The number of hydrogen-bond donors (Lipinski definition) is 1. The van der Waals surface area contributed by atoms with E-state index in [1.165, 1.54) is 24.5 Å². The van der Waals surface area contributed by atoms with Gasteiger partial charge in [0.2, 0.25) is 0 Å². The summed E-state index contributed by atoms with van der Waals surface area (Å²) in [5.41, 5.74) is 2.30. The lowest BCUT2D eigenvalue weighted by Gasteiger charge is -2.12. The van der Waals surface area contributed by atoms with Gasteiger partial charge in [-0.25, -0.2) is 4.79 Å². The van der Waals surface area contributed by atoms with Crippen LogP contribution < -0.4 is 5.32 Å². The van der Waals surface area contributed by atoms with Crippen LogP contribution in [0, 0.1) is 0 Å². The summed E-state index contributed by atoms with van der Waals surface area (Å²) in [4.78, 5) is 23.3. The van der Waals surface area contributed by atoms with Crippen LogP contribution in [0.4, 0.5) is 0 Å². The number of allylic oxidation sites excluding steroid dienone is 1. The molecule has 2 rings (SSSR count). The van der Waals surface area contributed by atoms with E-state index in [0.717, 1.165) is 29.3 Å². The lowest BCUT2D eigenvalue weighted by Crippen LogP contribution is -2.29. The molecule has 0 saturated heterocycles. The van der Waals surface area contributed by atoms with E-state index in [-0.39, 0.29) is 12.5 Å². The van der Waals surface area contributed by atoms with Gasteiger partial charge in [0.15, 0.2) is 6.61 Å². The Kier molecular flexibility index (Phi) is 7.75. The molecule has 0 aliphatic heterocycles. The largest absolute Gasteiger partial charge is 0.452 e. The molecule has 0 unspecified atom stereocenters. The molecule has 5 heteroatoms. The summed E-state index contributed by atoms with van der Waals surface area (Å²) in [7, 11) is 0. The van der Waals surface area contributed by atoms with Gasteiger partial charge >= 0.3 is 5.97 Å².